The number of aromatic nitrogens is 3. The van der Waals surface area contributed by atoms with E-state index in [9.17, 15) is 0 Å². The molecular weight excluding hydrogens is 356 g/mol. The fourth-order valence-corrected chi connectivity index (χ4v) is 4.24. The van der Waals surface area contributed by atoms with Crippen LogP contribution in [0.25, 0.3) is 28.6 Å². The number of para-hydroxylation sites is 3. The van der Waals surface area contributed by atoms with Crippen LogP contribution in [0.4, 0.5) is 11.4 Å². The predicted octanol–water partition coefficient (Wildman–Crippen LogP) is 5.98. The van der Waals surface area contributed by atoms with Gasteiger partial charge in [-0.1, -0.05) is 36.4 Å². The summed E-state index contributed by atoms with van der Waals surface area (Å²) in [7, 11) is 0. The Morgan fingerprint density at radius 1 is 0.759 bits per heavy atom. The number of rotatable bonds is 3. The zero-order valence-electron chi connectivity index (χ0n) is 15.9. The van der Waals surface area contributed by atoms with E-state index in [0.717, 1.165) is 41.4 Å². The molecule has 0 saturated carbocycles. The predicted molar refractivity (Wildman–Crippen MR) is 119 cm³/mol. The monoisotopic (exact) mass is 376 g/mol. The van der Waals surface area contributed by atoms with Gasteiger partial charge in [0.1, 0.15) is 0 Å². The van der Waals surface area contributed by atoms with Gasteiger partial charge in [0.2, 0.25) is 5.78 Å². The largest absolute Gasteiger partial charge is 0.356 e. The van der Waals surface area contributed by atoms with Gasteiger partial charge in [-0.3, -0.25) is 8.97 Å². The number of benzene rings is 3. The van der Waals surface area contributed by atoms with Gasteiger partial charge in [0.25, 0.3) is 0 Å². The summed E-state index contributed by atoms with van der Waals surface area (Å²) >= 11 is 0. The molecule has 1 aliphatic carbocycles. The SMILES string of the molecule is C1=Cc2nc3n(-c4ccc(Nc5ccccc5)cc4)c4ccccc4n3c2CC1. The van der Waals surface area contributed by atoms with Crippen LogP contribution in [0.2, 0.25) is 0 Å². The lowest BCUT2D eigenvalue weighted by Gasteiger charge is -2.09. The second-order valence-electron chi connectivity index (χ2n) is 7.38. The summed E-state index contributed by atoms with van der Waals surface area (Å²) in [6, 6.07) is 27.3. The maximum atomic E-state index is 4.98. The summed E-state index contributed by atoms with van der Waals surface area (Å²) in [5.41, 5.74) is 8.04. The first-order valence-corrected chi connectivity index (χ1v) is 9.98. The molecule has 2 aromatic heterocycles. The number of fused-ring (bicyclic) bond motifs is 5. The number of anilines is 2. The van der Waals surface area contributed by atoms with E-state index in [2.05, 4.69) is 87.1 Å². The fraction of sp³-hybridized carbons (Fsp3) is 0.0800. The molecule has 0 fully saturated rings. The van der Waals surface area contributed by atoms with E-state index in [-0.39, 0.29) is 0 Å². The maximum absolute atomic E-state index is 4.98. The van der Waals surface area contributed by atoms with Gasteiger partial charge in [-0.2, -0.15) is 0 Å². The van der Waals surface area contributed by atoms with Crippen molar-refractivity contribution >= 4 is 34.3 Å². The average molecular weight is 376 g/mol. The van der Waals surface area contributed by atoms with Crippen molar-refractivity contribution in [3.8, 4) is 5.69 Å². The molecule has 1 N–H and O–H groups in total. The van der Waals surface area contributed by atoms with E-state index >= 15 is 0 Å². The van der Waals surface area contributed by atoms with Crippen molar-refractivity contribution in [3.05, 3.63) is 96.3 Å². The zero-order valence-corrected chi connectivity index (χ0v) is 15.9. The molecule has 1 aliphatic rings. The van der Waals surface area contributed by atoms with Gasteiger partial charge in [0.15, 0.2) is 0 Å². The zero-order chi connectivity index (χ0) is 19.2. The molecule has 0 spiro atoms. The van der Waals surface area contributed by atoms with E-state index in [1.54, 1.807) is 0 Å². The van der Waals surface area contributed by atoms with Crippen LogP contribution in [-0.4, -0.2) is 14.0 Å². The van der Waals surface area contributed by atoms with Crippen LogP contribution in [0.15, 0.2) is 84.9 Å². The van der Waals surface area contributed by atoms with Crippen LogP contribution in [0.5, 0.6) is 0 Å². The second-order valence-corrected chi connectivity index (χ2v) is 7.38. The van der Waals surface area contributed by atoms with Crippen LogP contribution in [0.3, 0.4) is 0 Å². The van der Waals surface area contributed by atoms with Crippen LogP contribution in [0.1, 0.15) is 17.8 Å². The average Bonchev–Trinajstić information content (AvgIpc) is 3.30. The van der Waals surface area contributed by atoms with Crippen molar-refractivity contribution in [3.63, 3.8) is 0 Å². The Labute approximate surface area is 168 Å². The summed E-state index contributed by atoms with van der Waals surface area (Å²) in [6.45, 7) is 0. The van der Waals surface area contributed by atoms with E-state index in [1.807, 2.05) is 18.2 Å². The first kappa shape index (κ1) is 16.2. The first-order chi connectivity index (χ1) is 14.4. The van der Waals surface area contributed by atoms with Crippen molar-refractivity contribution in [2.45, 2.75) is 12.8 Å². The second kappa shape index (κ2) is 6.38. The topological polar surface area (TPSA) is 34.3 Å². The lowest BCUT2D eigenvalue weighted by atomic mass is 10.1. The number of aryl methyl sites for hydroxylation is 1. The van der Waals surface area contributed by atoms with Gasteiger partial charge in [0, 0.05) is 17.1 Å². The van der Waals surface area contributed by atoms with Gasteiger partial charge < -0.3 is 5.32 Å². The molecule has 0 unspecified atom stereocenters. The summed E-state index contributed by atoms with van der Waals surface area (Å²) in [5.74, 6) is 0.978. The van der Waals surface area contributed by atoms with Crippen LogP contribution >= 0.6 is 0 Å². The standard InChI is InChI=1S/C25H20N4/c1-2-8-18(9-3-1)26-19-14-16-20(17-15-19)28-23-12-6-7-13-24(23)29-22-11-5-4-10-21(22)27-25(28)29/h1-4,6-10,12-17,26H,5,11H2. The maximum Gasteiger partial charge on any atom is 0.220 e. The summed E-state index contributed by atoms with van der Waals surface area (Å²) in [6.07, 6.45) is 6.46. The smallest absolute Gasteiger partial charge is 0.220 e. The molecule has 3 aromatic carbocycles. The molecule has 0 radical (unpaired) electrons. The van der Waals surface area contributed by atoms with Crippen LogP contribution < -0.4 is 5.32 Å². The number of nitrogens with zero attached hydrogens (tertiary/aromatic N) is 3. The third-order valence-corrected chi connectivity index (χ3v) is 5.56. The number of allylic oxidation sites excluding steroid dienone is 1. The van der Waals surface area contributed by atoms with E-state index < -0.39 is 0 Å². The van der Waals surface area contributed by atoms with Crippen molar-refractivity contribution < 1.29 is 0 Å². The Kier molecular flexibility index (Phi) is 3.56. The molecule has 2 heterocycles. The number of imidazole rings is 2. The Morgan fingerprint density at radius 2 is 1.48 bits per heavy atom. The summed E-state index contributed by atoms with van der Waals surface area (Å²) < 4.78 is 4.58. The fourth-order valence-electron chi connectivity index (χ4n) is 4.24. The third kappa shape index (κ3) is 2.57. The third-order valence-electron chi connectivity index (χ3n) is 5.56. The highest BCUT2D eigenvalue weighted by atomic mass is 15.2. The number of hydrogen-bond acceptors (Lipinski definition) is 2. The molecule has 0 amide bonds. The van der Waals surface area contributed by atoms with Gasteiger partial charge in [0.05, 0.1) is 22.4 Å². The quantitative estimate of drug-likeness (QED) is 0.420. The van der Waals surface area contributed by atoms with Gasteiger partial charge in [-0.25, -0.2) is 4.98 Å². The molecule has 0 aliphatic heterocycles. The Balaban J connectivity index is 1.50. The highest BCUT2D eigenvalue weighted by molar-refractivity contribution is 5.85. The Morgan fingerprint density at radius 3 is 2.31 bits per heavy atom. The van der Waals surface area contributed by atoms with Gasteiger partial charge >= 0.3 is 0 Å². The van der Waals surface area contributed by atoms with Crippen LogP contribution in [0, 0.1) is 0 Å². The molecule has 140 valence electrons. The number of hydrogen-bond donors (Lipinski definition) is 1. The van der Waals surface area contributed by atoms with E-state index in [0.29, 0.717) is 0 Å². The van der Waals surface area contributed by atoms with Crippen molar-refractivity contribution in [1.29, 1.82) is 0 Å². The molecular formula is C25H20N4. The van der Waals surface area contributed by atoms with Crippen molar-refractivity contribution in [2.75, 3.05) is 5.32 Å². The molecule has 0 atom stereocenters. The molecule has 6 rings (SSSR count). The lowest BCUT2D eigenvalue weighted by Crippen LogP contribution is -1.96. The minimum absolute atomic E-state index is 0.978. The highest BCUT2D eigenvalue weighted by Crippen LogP contribution is 2.31. The Hall–Kier alpha value is -3.79. The summed E-state index contributed by atoms with van der Waals surface area (Å²) in [5, 5.41) is 3.45. The molecule has 29 heavy (non-hydrogen) atoms. The Bertz CT molecular complexity index is 1360. The summed E-state index contributed by atoms with van der Waals surface area (Å²) in [4.78, 5) is 4.98. The van der Waals surface area contributed by atoms with Gasteiger partial charge in [-0.05, 0) is 67.4 Å². The van der Waals surface area contributed by atoms with Crippen molar-refractivity contribution in [1.82, 2.24) is 14.0 Å². The molecule has 0 bridgehead atoms. The molecule has 4 heteroatoms. The van der Waals surface area contributed by atoms with Crippen molar-refractivity contribution in [2.24, 2.45) is 0 Å². The lowest BCUT2D eigenvalue weighted by molar-refractivity contribution is 0.920. The number of nitrogens with one attached hydrogen (secondary N) is 1. The molecule has 5 aromatic rings. The molecule has 0 saturated heterocycles. The van der Waals surface area contributed by atoms with E-state index in [1.165, 1.54) is 16.7 Å². The minimum atomic E-state index is 0.978. The van der Waals surface area contributed by atoms with E-state index in [4.69, 9.17) is 4.98 Å². The van der Waals surface area contributed by atoms with Crippen LogP contribution in [-0.2, 0) is 6.42 Å². The first-order valence-electron chi connectivity index (χ1n) is 9.98. The van der Waals surface area contributed by atoms with Gasteiger partial charge in [-0.15, -0.1) is 0 Å². The normalized spacial score (nSPS) is 13.1. The molecule has 4 nitrogen and oxygen atoms in total. The minimum Gasteiger partial charge on any atom is -0.356 e. The highest BCUT2D eigenvalue weighted by Gasteiger charge is 2.20.